The van der Waals surface area contributed by atoms with Crippen LogP contribution in [0.4, 0.5) is 0 Å². The predicted octanol–water partition coefficient (Wildman–Crippen LogP) is 2.71. The van der Waals surface area contributed by atoms with E-state index in [1.54, 1.807) is 12.4 Å². The summed E-state index contributed by atoms with van der Waals surface area (Å²) in [4.78, 5) is 8.45. The van der Waals surface area contributed by atoms with Gasteiger partial charge >= 0.3 is 0 Å². The Morgan fingerprint density at radius 1 is 1.38 bits per heavy atom. The molecule has 3 atom stereocenters. The smallest absolute Gasteiger partial charge is 0.0753 e. The zero-order valence-corrected chi connectivity index (χ0v) is 10.2. The molecule has 0 saturated heterocycles. The monoisotopic (exact) mass is 219 g/mol. The van der Waals surface area contributed by atoms with Crippen LogP contribution in [-0.2, 0) is 0 Å². The van der Waals surface area contributed by atoms with Gasteiger partial charge in [0.25, 0.3) is 0 Å². The van der Waals surface area contributed by atoms with Crippen molar-refractivity contribution in [2.75, 3.05) is 0 Å². The van der Waals surface area contributed by atoms with Gasteiger partial charge in [0.2, 0.25) is 0 Å². The molecule has 1 heterocycles. The van der Waals surface area contributed by atoms with Crippen LogP contribution in [0.2, 0.25) is 0 Å². The average Bonchev–Trinajstić information content (AvgIpc) is 2.30. The van der Waals surface area contributed by atoms with Crippen LogP contribution in [0.5, 0.6) is 0 Å². The van der Waals surface area contributed by atoms with Crippen LogP contribution in [0, 0.1) is 5.92 Å². The standard InChI is InChI=1S/C13H21N3/c1-10-4-3-5-12(8-10)16-11(2)13-9-14-6-7-15-13/h6-7,9-12,16H,3-5,8H2,1-2H3. The predicted molar refractivity (Wildman–Crippen MR) is 65.0 cm³/mol. The Morgan fingerprint density at radius 2 is 2.25 bits per heavy atom. The van der Waals surface area contributed by atoms with Crippen molar-refractivity contribution in [2.24, 2.45) is 5.92 Å². The highest BCUT2D eigenvalue weighted by Crippen LogP contribution is 2.25. The van der Waals surface area contributed by atoms with Gasteiger partial charge < -0.3 is 5.32 Å². The summed E-state index contributed by atoms with van der Waals surface area (Å²) in [5.41, 5.74) is 1.04. The molecule has 3 nitrogen and oxygen atoms in total. The number of hydrogen-bond acceptors (Lipinski definition) is 3. The van der Waals surface area contributed by atoms with E-state index >= 15 is 0 Å². The molecule has 0 spiro atoms. The molecule has 3 heteroatoms. The third-order valence-corrected chi connectivity index (χ3v) is 3.45. The van der Waals surface area contributed by atoms with E-state index in [-0.39, 0.29) is 0 Å². The van der Waals surface area contributed by atoms with Crippen LogP contribution in [-0.4, -0.2) is 16.0 Å². The fourth-order valence-corrected chi connectivity index (χ4v) is 2.56. The van der Waals surface area contributed by atoms with E-state index in [0.717, 1.165) is 11.6 Å². The highest BCUT2D eigenvalue weighted by molar-refractivity contribution is 5.01. The lowest BCUT2D eigenvalue weighted by molar-refractivity contribution is 0.284. The van der Waals surface area contributed by atoms with E-state index in [9.17, 15) is 0 Å². The quantitative estimate of drug-likeness (QED) is 0.849. The number of hydrogen-bond donors (Lipinski definition) is 1. The highest BCUT2D eigenvalue weighted by Gasteiger charge is 2.20. The zero-order chi connectivity index (χ0) is 11.4. The van der Waals surface area contributed by atoms with Crippen LogP contribution in [0.1, 0.15) is 51.3 Å². The molecule has 1 fully saturated rings. The topological polar surface area (TPSA) is 37.8 Å². The van der Waals surface area contributed by atoms with Crippen LogP contribution in [0.25, 0.3) is 0 Å². The maximum atomic E-state index is 4.34. The number of aromatic nitrogens is 2. The molecule has 0 amide bonds. The lowest BCUT2D eigenvalue weighted by Gasteiger charge is -2.29. The van der Waals surface area contributed by atoms with E-state index in [0.29, 0.717) is 12.1 Å². The fraction of sp³-hybridized carbons (Fsp3) is 0.692. The van der Waals surface area contributed by atoms with Crippen LogP contribution in [0.3, 0.4) is 0 Å². The normalized spacial score (nSPS) is 27.6. The molecule has 1 aromatic rings. The Morgan fingerprint density at radius 3 is 2.94 bits per heavy atom. The second-order valence-corrected chi connectivity index (χ2v) is 4.99. The summed E-state index contributed by atoms with van der Waals surface area (Å²) in [6, 6.07) is 0.963. The van der Waals surface area contributed by atoms with Gasteiger partial charge in [0.1, 0.15) is 0 Å². The summed E-state index contributed by atoms with van der Waals surface area (Å²) in [5.74, 6) is 0.861. The van der Waals surface area contributed by atoms with Crippen molar-refractivity contribution in [2.45, 2.75) is 51.6 Å². The Kier molecular flexibility index (Phi) is 3.88. The molecule has 0 bridgehead atoms. The summed E-state index contributed by atoms with van der Waals surface area (Å²) in [6.45, 7) is 4.52. The maximum Gasteiger partial charge on any atom is 0.0753 e. The van der Waals surface area contributed by atoms with Gasteiger partial charge in [-0.05, 0) is 25.7 Å². The minimum absolute atomic E-state index is 0.309. The summed E-state index contributed by atoms with van der Waals surface area (Å²) in [5, 5.41) is 3.66. The molecule has 0 aromatic carbocycles. The summed E-state index contributed by atoms with van der Waals surface area (Å²) in [7, 11) is 0. The first kappa shape index (κ1) is 11.5. The van der Waals surface area contributed by atoms with Crippen molar-refractivity contribution in [1.82, 2.24) is 15.3 Å². The number of nitrogens with zero attached hydrogens (tertiary/aromatic N) is 2. The summed E-state index contributed by atoms with van der Waals surface area (Å²) < 4.78 is 0. The third kappa shape index (κ3) is 3.01. The van der Waals surface area contributed by atoms with E-state index in [2.05, 4.69) is 29.1 Å². The molecule has 88 valence electrons. The van der Waals surface area contributed by atoms with Crippen LogP contribution >= 0.6 is 0 Å². The van der Waals surface area contributed by atoms with E-state index < -0.39 is 0 Å². The summed E-state index contributed by atoms with van der Waals surface area (Å²) in [6.07, 6.45) is 10.7. The van der Waals surface area contributed by atoms with Crippen molar-refractivity contribution >= 4 is 0 Å². The summed E-state index contributed by atoms with van der Waals surface area (Å²) >= 11 is 0. The van der Waals surface area contributed by atoms with Gasteiger partial charge in [-0.1, -0.05) is 19.8 Å². The van der Waals surface area contributed by atoms with E-state index in [1.165, 1.54) is 25.7 Å². The first-order valence-corrected chi connectivity index (χ1v) is 6.27. The lowest BCUT2D eigenvalue weighted by Crippen LogP contribution is -2.35. The zero-order valence-electron chi connectivity index (χ0n) is 10.2. The van der Waals surface area contributed by atoms with Gasteiger partial charge in [-0.3, -0.25) is 9.97 Å². The first-order valence-electron chi connectivity index (χ1n) is 6.27. The van der Waals surface area contributed by atoms with Crippen molar-refractivity contribution in [1.29, 1.82) is 0 Å². The van der Waals surface area contributed by atoms with Crippen LogP contribution < -0.4 is 5.32 Å². The van der Waals surface area contributed by atoms with Gasteiger partial charge in [0.15, 0.2) is 0 Å². The Labute approximate surface area is 97.7 Å². The molecule has 1 N–H and O–H groups in total. The van der Waals surface area contributed by atoms with E-state index in [1.807, 2.05) is 6.20 Å². The minimum atomic E-state index is 0.309. The second-order valence-electron chi connectivity index (χ2n) is 4.99. The third-order valence-electron chi connectivity index (χ3n) is 3.45. The SMILES string of the molecule is CC1CCCC(NC(C)c2cnccn2)C1. The fourth-order valence-electron chi connectivity index (χ4n) is 2.56. The van der Waals surface area contributed by atoms with Crippen molar-refractivity contribution in [3.63, 3.8) is 0 Å². The molecule has 16 heavy (non-hydrogen) atoms. The first-order chi connectivity index (χ1) is 7.75. The van der Waals surface area contributed by atoms with Crippen molar-refractivity contribution in [3.05, 3.63) is 24.3 Å². The van der Waals surface area contributed by atoms with Crippen molar-refractivity contribution in [3.8, 4) is 0 Å². The molecule has 1 aliphatic rings. The minimum Gasteiger partial charge on any atom is -0.306 e. The number of nitrogens with one attached hydrogen (secondary N) is 1. The molecule has 2 rings (SSSR count). The van der Waals surface area contributed by atoms with Gasteiger partial charge in [0, 0.05) is 30.7 Å². The van der Waals surface area contributed by atoms with Gasteiger partial charge in [0.05, 0.1) is 5.69 Å². The Balaban J connectivity index is 1.89. The molecule has 1 aliphatic carbocycles. The molecule has 3 unspecified atom stereocenters. The Hall–Kier alpha value is -0.960. The molecule has 1 aromatic heterocycles. The molecule has 0 radical (unpaired) electrons. The average molecular weight is 219 g/mol. The maximum absolute atomic E-state index is 4.34. The van der Waals surface area contributed by atoms with Crippen molar-refractivity contribution < 1.29 is 0 Å². The van der Waals surface area contributed by atoms with Gasteiger partial charge in [-0.25, -0.2) is 0 Å². The number of rotatable bonds is 3. The molecule has 0 aliphatic heterocycles. The van der Waals surface area contributed by atoms with E-state index in [4.69, 9.17) is 0 Å². The van der Waals surface area contributed by atoms with Gasteiger partial charge in [-0.15, -0.1) is 0 Å². The second kappa shape index (κ2) is 5.39. The largest absolute Gasteiger partial charge is 0.306 e. The molecule has 1 saturated carbocycles. The molecular formula is C13H21N3. The molecular weight excluding hydrogens is 198 g/mol. The van der Waals surface area contributed by atoms with Crippen LogP contribution in [0.15, 0.2) is 18.6 Å². The Bertz CT molecular complexity index is 312. The highest BCUT2D eigenvalue weighted by atomic mass is 15.0. The lowest BCUT2D eigenvalue weighted by atomic mass is 9.86. The van der Waals surface area contributed by atoms with Gasteiger partial charge in [-0.2, -0.15) is 0 Å².